The van der Waals surface area contributed by atoms with Crippen LogP contribution in [0.25, 0.3) is 0 Å². The Kier molecular flexibility index (Phi) is 4.89. The lowest BCUT2D eigenvalue weighted by Crippen LogP contribution is -2.22. The average molecular weight is 143 g/mol. The number of rotatable bonds is 4. The maximum Gasteiger partial charge on any atom is 0.0592 e. The standard InChI is InChI=1S/C7H17N3/c1-5-7(3)10(4)9-8-6-2/h7H,5-6H2,1-4H3. The van der Waals surface area contributed by atoms with Gasteiger partial charge in [0.1, 0.15) is 0 Å². The highest BCUT2D eigenvalue weighted by atomic mass is 15.5. The molecule has 0 aliphatic carbocycles. The fraction of sp³-hybridized carbons (Fsp3) is 1.00. The van der Waals surface area contributed by atoms with Gasteiger partial charge in [0.25, 0.3) is 0 Å². The van der Waals surface area contributed by atoms with Gasteiger partial charge in [0, 0.05) is 13.1 Å². The summed E-state index contributed by atoms with van der Waals surface area (Å²) in [6.45, 7) is 7.02. The van der Waals surface area contributed by atoms with Crippen molar-refractivity contribution in [3.05, 3.63) is 0 Å². The van der Waals surface area contributed by atoms with Gasteiger partial charge in [0.15, 0.2) is 0 Å². The van der Waals surface area contributed by atoms with Crippen molar-refractivity contribution in [2.75, 3.05) is 13.6 Å². The molecule has 0 saturated heterocycles. The van der Waals surface area contributed by atoms with Gasteiger partial charge in [-0.25, -0.2) is 0 Å². The Labute approximate surface area is 63.1 Å². The predicted octanol–water partition coefficient (Wildman–Crippen LogP) is 2.10. The van der Waals surface area contributed by atoms with Gasteiger partial charge in [-0.1, -0.05) is 12.1 Å². The summed E-state index contributed by atoms with van der Waals surface area (Å²) in [5.74, 6) is 0. The topological polar surface area (TPSA) is 28.0 Å². The molecule has 60 valence electrons. The molecule has 0 amide bonds. The van der Waals surface area contributed by atoms with E-state index in [0.717, 1.165) is 13.0 Å². The molecular formula is C7H17N3. The Balaban J connectivity index is 3.60. The third-order valence-corrected chi connectivity index (χ3v) is 1.57. The van der Waals surface area contributed by atoms with Gasteiger partial charge in [-0.3, -0.25) is 5.01 Å². The maximum atomic E-state index is 3.97. The van der Waals surface area contributed by atoms with Gasteiger partial charge < -0.3 is 0 Å². The van der Waals surface area contributed by atoms with Gasteiger partial charge in [-0.05, 0) is 20.3 Å². The lowest BCUT2D eigenvalue weighted by Gasteiger charge is -2.17. The SMILES string of the molecule is CCN=NN(C)C(C)CC. The van der Waals surface area contributed by atoms with E-state index in [1.54, 1.807) is 0 Å². The lowest BCUT2D eigenvalue weighted by atomic mass is 10.3. The minimum atomic E-state index is 0.496. The Morgan fingerprint density at radius 2 is 2.00 bits per heavy atom. The maximum absolute atomic E-state index is 3.97. The summed E-state index contributed by atoms with van der Waals surface area (Å²) in [6, 6.07) is 0.496. The second-order valence-electron chi connectivity index (χ2n) is 2.38. The van der Waals surface area contributed by atoms with E-state index in [1.165, 1.54) is 0 Å². The first kappa shape index (κ1) is 9.40. The van der Waals surface area contributed by atoms with Crippen LogP contribution in [0.1, 0.15) is 27.2 Å². The second-order valence-corrected chi connectivity index (χ2v) is 2.38. The van der Waals surface area contributed by atoms with Crippen molar-refractivity contribution < 1.29 is 0 Å². The summed E-state index contributed by atoms with van der Waals surface area (Å²) in [5, 5.41) is 9.76. The molecule has 0 bridgehead atoms. The van der Waals surface area contributed by atoms with Gasteiger partial charge >= 0.3 is 0 Å². The van der Waals surface area contributed by atoms with Crippen molar-refractivity contribution in [2.24, 2.45) is 10.3 Å². The summed E-state index contributed by atoms with van der Waals surface area (Å²) in [4.78, 5) is 0. The van der Waals surface area contributed by atoms with Gasteiger partial charge in [0.05, 0.1) is 6.54 Å². The van der Waals surface area contributed by atoms with Crippen molar-refractivity contribution in [1.29, 1.82) is 0 Å². The molecule has 3 nitrogen and oxygen atoms in total. The van der Waals surface area contributed by atoms with Crippen molar-refractivity contribution >= 4 is 0 Å². The van der Waals surface area contributed by atoms with E-state index in [2.05, 4.69) is 24.2 Å². The molecule has 0 radical (unpaired) electrons. The highest BCUT2D eigenvalue weighted by molar-refractivity contribution is 4.53. The molecule has 0 heterocycles. The molecule has 1 unspecified atom stereocenters. The van der Waals surface area contributed by atoms with Crippen LogP contribution >= 0.6 is 0 Å². The molecule has 0 spiro atoms. The molecule has 0 rings (SSSR count). The van der Waals surface area contributed by atoms with Crippen molar-refractivity contribution in [2.45, 2.75) is 33.2 Å². The number of hydrogen-bond acceptors (Lipinski definition) is 2. The van der Waals surface area contributed by atoms with E-state index >= 15 is 0 Å². The molecule has 0 aromatic carbocycles. The smallest absolute Gasteiger partial charge is 0.0592 e. The summed E-state index contributed by atoms with van der Waals surface area (Å²) in [6.07, 6.45) is 1.11. The summed E-state index contributed by atoms with van der Waals surface area (Å²) in [5.41, 5.74) is 0. The highest BCUT2D eigenvalue weighted by Gasteiger charge is 2.01. The second kappa shape index (κ2) is 5.21. The van der Waals surface area contributed by atoms with E-state index in [9.17, 15) is 0 Å². The van der Waals surface area contributed by atoms with E-state index in [4.69, 9.17) is 0 Å². The van der Waals surface area contributed by atoms with Crippen LogP contribution in [0.3, 0.4) is 0 Å². The lowest BCUT2D eigenvalue weighted by molar-refractivity contribution is 0.244. The van der Waals surface area contributed by atoms with Crippen LogP contribution in [0.15, 0.2) is 10.3 Å². The molecule has 0 aromatic heterocycles. The molecule has 0 aromatic rings. The van der Waals surface area contributed by atoms with Crippen LogP contribution in [0, 0.1) is 0 Å². The highest BCUT2D eigenvalue weighted by Crippen LogP contribution is 1.99. The fourth-order valence-corrected chi connectivity index (χ4v) is 0.515. The average Bonchev–Trinajstić information content (AvgIpc) is 1.98. The molecule has 0 fully saturated rings. The summed E-state index contributed by atoms with van der Waals surface area (Å²) in [7, 11) is 1.95. The van der Waals surface area contributed by atoms with E-state index in [-0.39, 0.29) is 0 Å². The molecule has 3 heteroatoms. The van der Waals surface area contributed by atoms with E-state index < -0.39 is 0 Å². The Morgan fingerprint density at radius 1 is 1.40 bits per heavy atom. The minimum Gasteiger partial charge on any atom is -0.279 e. The van der Waals surface area contributed by atoms with Gasteiger partial charge in [0.2, 0.25) is 0 Å². The zero-order valence-corrected chi connectivity index (χ0v) is 7.33. The van der Waals surface area contributed by atoms with Crippen LogP contribution in [-0.2, 0) is 0 Å². The van der Waals surface area contributed by atoms with Gasteiger partial charge in [-0.2, -0.15) is 5.11 Å². The predicted molar refractivity (Wildman–Crippen MR) is 42.9 cm³/mol. The summed E-state index contributed by atoms with van der Waals surface area (Å²) >= 11 is 0. The van der Waals surface area contributed by atoms with Crippen LogP contribution in [0.5, 0.6) is 0 Å². The first-order chi connectivity index (χ1) is 4.72. The normalized spacial score (nSPS) is 14.0. The zero-order chi connectivity index (χ0) is 7.98. The largest absolute Gasteiger partial charge is 0.279 e. The van der Waals surface area contributed by atoms with Crippen molar-refractivity contribution in [1.82, 2.24) is 5.01 Å². The number of nitrogens with zero attached hydrogens (tertiary/aromatic N) is 3. The number of hydrogen-bond donors (Lipinski definition) is 0. The Hall–Kier alpha value is -0.600. The van der Waals surface area contributed by atoms with Crippen LogP contribution in [-0.4, -0.2) is 24.6 Å². The van der Waals surface area contributed by atoms with Gasteiger partial charge in [-0.15, -0.1) is 0 Å². The molecule has 1 atom stereocenters. The third-order valence-electron chi connectivity index (χ3n) is 1.57. The molecule has 0 aliphatic heterocycles. The molecule has 0 saturated carbocycles. The molecule has 0 N–H and O–H groups in total. The van der Waals surface area contributed by atoms with E-state index in [1.807, 2.05) is 19.0 Å². The van der Waals surface area contributed by atoms with Crippen LogP contribution in [0.2, 0.25) is 0 Å². The van der Waals surface area contributed by atoms with Crippen molar-refractivity contribution in [3.8, 4) is 0 Å². The first-order valence-corrected chi connectivity index (χ1v) is 3.82. The molecule has 10 heavy (non-hydrogen) atoms. The first-order valence-electron chi connectivity index (χ1n) is 3.82. The van der Waals surface area contributed by atoms with Crippen molar-refractivity contribution in [3.63, 3.8) is 0 Å². The quantitative estimate of drug-likeness (QED) is 0.437. The Morgan fingerprint density at radius 3 is 2.40 bits per heavy atom. The summed E-state index contributed by atoms with van der Waals surface area (Å²) < 4.78 is 0. The third kappa shape index (κ3) is 3.43. The van der Waals surface area contributed by atoms with Crippen LogP contribution in [0.4, 0.5) is 0 Å². The fourth-order valence-electron chi connectivity index (χ4n) is 0.515. The molecular weight excluding hydrogens is 126 g/mol. The monoisotopic (exact) mass is 143 g/mol. The van der Waals surface area contributed by atoms with Crippen LogP contribution < -0.4 is 0 Å². The zero-order valence-electron chi connectivity index (χ0n) is 7.33. The minimum absolute atomic E-state index is 0.496. The molecule has 0 aliphatic rings. The van der Waals surface area contributed by atoms with E-state index in [0.29, 0.717) is 6.04 Å². The Bertz CT molecular complexity index is 101.